The molecule has 0 atom stereocenters. The second-order valence-electron chi connectivity index (χ2n) is 13.0. The zero-order chi connectivity index (χ0) is 35.6. The van der Waals surface area contributed by atoms with Crippen LogP contribution in [0.1, 0.15) is 130 Å². The molecule has 2 aliphatic heterocycles. The predicted molar refractivity (Wildman–Crippen MR) is 205 cm³/mol. The average molecular weight is 739 g/mol. The summed E-state index contributed by atoms with van der Waals surface area (Å²) < 4.78 is 0. The van der Waals surface area contributed by atoms with Crippen LogP contribution < -0.4 is 4.98 Å². The van der Waals surface area contributed by atoms with E-state index in [0.29, 0.717) is 0 Å². The third kappa shape index (κ3) is 9.31. The summed E-state index contributed by atoms with van der Waals surface area (Å²) in [6.07, 6.45) is 24.3. The Bertz CT molecular complexity index is 2010. The zero-order valence-corrected chi connectivity index (χ0v) is 33.5. The fourth-order valence-corrected chi connectivity index (χ4v) is 6.55. The topological polar surface area (TPSA) is 130 Å². The fraction of sp³-hybridized carbons (Fsp3) is 0.381. The average Bonchev–Trinajstić information content (AvgIpc) is 3.92. The van der Waals surface area contributed by atoms with Gasteiger partial charge in [0.15, 0.2) is 0 Å². The number of hydrogen-bond acceptors (Lipinski definition) is 4. The van der Waals surface area contributed by atoms with Crippen molar-refractivity contribution in [2.75, 3.05) is 0 Å². The van der Waals surface area contributed by atoms with Crippen LogP contribution in [0.2, 0.25) is 0 Å². The van der Waals surface area contributed by atoms with Crippen LogP contribution in [0.15, 0.2) is 35.9 Å². The fourth-order valence-electron chi connectivity index (χ4n) is 6.55. The minimum Gasteiger partial charge on any atom is -0.657 e. The van der Waals surface area contributed by atoms with Gasteiger partial charge in [0.1, 0.15) is 5.57 Å². The SMILES string of the molecule is CCCCc1c2nc(c(CCCC)c3ccc([nH]3)c(CCCC)c3nc(c(CCCC)c4[n-]c1cc4/C=C/C=C(C(=O)O)C(=O)O)C=C3)C=C2.[Zn+2]. The molecule has 0 saturated heterocycles. The second kappa shape index (κ2) is 18.8. The molecule has 0 unspecified atom stereocenters. The Balaban J connectivity index is 0.00000583. The largest absolute Gasteiger partial charge is 2.00 e. The van der Waals surface area contributed by atoms with E-state index in [9.17, 15) is 19.8 Å². The van der Waals surface area contributed by atoms with Gasteiger partial charge in [-0.05, 0) is 111 Å². The minimum absolute atomic E-state index is 0. The smallest absolute Gasteiger partial charge is 0.657 e. The van der Waals surface area contributed by atoms with Gasteiger partial charge in [0.2, 0.25) is 0 Å². The maximum atomic E-state index is 11.6. The van der Waals surface area contributed by atoms with Gasteiger partial charge in [0.05, 0.1) is 22.8 Å². The number of unbranched alkanes of at least 4 members (excludes halogenated alkanes) is 4. The molecule has 0 amide bonds. The Morgan fingerprint density at radius 3 is 1.59 bits per heavy atom. The van der Waals surface area contributed by atoms with Gasteiger partial charge in [-0.2, -0.15) is 0 Å². The first-order valence-electron chi connectivity index (χ1n) is 18.2. The molecule has 5 heterocycles. The molecule has 0 saturated carbocycles. The third-order valence-electron chi connectivity index (χ3n) is 9.37. The van der Waals surface area contributed by atoms with Gasteiger partial charge >= 0.3 is 31.4 Å². The van der Waals surface area contributed by atoms with Crippen LogP contribution in [-0.4, -0.2) is 37.1 Å². The molecule has 0 aliphatic carbocycles. The quantitative estimate of drug-likeness (QED) is 0.0302. The number of aromatic nitrogens is 4. The van der Waals surface area contributed by atoms with Gasteiger partial charge in [-0.25, -0.2) is 19.6 Å². The number of aryl methyl sites for hydroxylation is 4. The van der Waals surface area contributed by atoms with Crippen LogP contribution in [0, 0.1) is 0 Å². The van der Waals surface area contributed by atoms with Crippen LogP contribution in [-0.2, 0) is 54.8 Å². The van der Waals surface area contributed by atoms with Crippen molar-refractivity contribution in [3.63, 3.8) is 0 Å². The number of hydrogen-bond donors (Lipinski definition) is 3. The Kier molecular flexibility index (Phi) is 14.5. The molecule has 0 fully saturated rings. The first-order valence-corrected chi connectivity index (χ1v) is 18.2. The predicted octanol–water partition coefficient (Wildman–Crippen LogP) is 9.76. The summed E-state index contributed by atoms with van der Waals surface area (Å²) in [6.45, 7) is 8.75. The molecule has 3 aromatic heterocycles. The maximum absolute atomic E-state index is 11.6. The number of carboxylic acid groups (broad SMARTS) is 2. The summed E-state index contributed by atoms with van der Waals surface area (Å²) >= 11 is 0. The van der Waals surface area contributed by atoms with Gasteiger partial charge in [0, 0.05) is 22.2 Å². The summed E-state index contributed by atoms with van der Waals surface area (Å²) in [4.78, 5) is 42.8. The van der Waals surface area contributed by atoms with Crippen LogP contribution >= 0.6 is 0 Å². The van der Waals surface area contributed by atoms with Crippen LogP contribution in [0.4, 0.5) is 0 Å². The van der Waals surface area contributed by atoms with E-state index in [1.807, 2.05) is 6.07 Å². The number of carbonyl (C=O) groups is 2. The molecule has 8 nitrogen and oxygen atoms in total. The third-order valence-corrected chi connectivity index (χ3v) is 9.37. The van der Waals surface area contributed by atoms with E-state index in [0.717, 1.165) is 145 Å². The number of carboxylic acids is 2. The monoisotopic (exact) mass is 737 g/mol. The Morgan fingerprint density at radius 1 is 0.686 bits per heavy atom. The van der Waals surface area contributed by atoms with Crippen molar-refractivity contribution in [2.24, 2.45) is 0 Å². The molecular weight excluding hydrogens is 690 g/mol. The molecule has 0 aromatic carbocycles. The molecule has 2 aliphatic rings. The number of rotatable bonds is 16. The molecule has 3 aromatic rings. The first-order chi connectivity index (χ1) is 24.3. The Hall–Kier alpha value is -4.36. The normalized spacial score (nSPS) is 12.0. The second-order valence-corrected chi connectivity index (χ2v) is 13.0. The van der Waals surface area contributed by atoms with Crippen LogP contribution in [0.3, 0.4) is 0 Å². The standard InChI is InChI=1S/C42H50N4O4.Zn/c1-5-9-15-28-33-20-21-34(43-33)29(16-10-6-2)36-24-25-38(45-36)31(18-12-8-4)40-27(14-13-19-32(41(47)48)42(49)50)26-39(46-40)30(17-11-7-3)37-23-22-35(28)44-37;/h13-14,19-26H,5-12,15-18H2,1-4H3,(H4,43,44,45,46,47,48,49,50);/q;+2/p-1/b14-13+,33-28?,34-29?,35-28?,36-29?,37-30?,38-31?,39-30?,40-31?;. The van der Waals surface area contributed by atoms with Crippen molar-refractivity contribution < 1.29 is 39.3 Å². The van der Waals surface area contributed by atoms with Crippen molar-refractivity contribution in [2.45, 2.75) is 105 Å². The number of aromatic amines is 1. The zero-order valence-electron chi connectivity index (χ0n) is 30.5. The molecule has 8 bridgehead atoms. The van der Waals surface area contributed by atoms with Crippen LogP contribution in [0.5, 0.6) is 0 Å². The minimum atomic E-state index is -1.49. The molecule has 9 heteroatoms. The summed E-state index contributed by atoms with van der Waals surface area (Å²) in [7, 11) is 0. The van der Waals surface area contributed by atoms with Crippen molar-refractivity contribution in [1.82, 2.24) is 19.9 Å². The number of H-pyrrole nitrogens is 1. The van der Waals surface area contributed by atoms with E-state index >= 15 is 0 Å². The van der Waals surface area contributed by atoms with Crippen molar-refractivity contribution >= 4 is 64.4 Å². The summed E-state index contributed by atoms with van der Waals surface area (Å²) in [6, 6.07) is 6.42. The Labute approximate surface area is 313 Å². The van der Waals surface area contributed by atoms with E-state index in [1.165, 1.54) is 17.2 Å². The van der Waals surface area contributed by atoms with Crippen molar-refractivity contribution in [3.8, 4) is 0 Å². The number of fused-ring (bicyclic) bond motifs is 8. The van der Waals surface area contributed by atoms with E-state index in [4.69, 9.17) is 15.0 Å². The van der Waals surface area contributed by atoms with E-state index in [1.54, 1.807) is 6.08 Å². The molecule has 0 radical (unpaired) electrons. The molecule has 51 heavy (non-hydrogen) atoms. The van der Waals surface area contributed by atoms with E-state index in [2.05, 4.69) is 69.1 Å². The molecule has 262 valence electrons. The summed E-state index contributed by atoms with van der Waals surface area (Å²) in [5.41, 5.74) is 12.0. The van der Waals surface area contributed by atoms with Gasteiger partial charge in [0.25, 0.3) is 0 Å². The van der Waals surface area contributed by atoms with Gasteiger partial charge in [-0.15, -0.1) is 11.0 Å². The number of aliphatic carboxylic acids is 2. The molecule has 0 spiro atoms. The number of nitrogens with zero attached hydrogens (tertiary/aromatic N) is 3. The molecular formula is C42H49N4O4Zn+. The first kappa shape index (κ1) is 39.4. The van der Waals surface area contributed by atoms with Crippen molar-refractivity contribution in [3.05, 3.63) is 86.5 Å². The summed E-state index contributed by atoms with van der Waals surface area (Å²) in [5, 5.41) is 18.9. The Morgan fingerprint density at radius 2 is 1.12 bits per heavy atom. The molecule has 5 rings (SSSR count). The maximum Gasteiger partial charge on any atom is 2.00 e. The number of nitrogens with one attached hydrogen (secondary N) is 1. The van der Waals surface area contributed by atoms with Gasteiger partial charge in [-0.3, -0.25) is 0 Å². The van der Waals surface area contributed by atoms with E-state index < -0.39 is 17.5 Å². The van der Waals surface area contributed by atoms with E-state index in [-0.39, 0.29) is 19.5 Å². The summed E-state index contributed by atoms with van der Waals surface area (Å²) in [5.74, 6) is -2.98. The number of allylic oxidation sites excluding steroid dienone is 2. The van der Waals surface area contributed by atoms with Gasteiger partial charge in [-0.1, -0.05) is 71.6 Å². The van der Waals surface area contributed by atoms with Crippen molar-refractivity contribution in [1.29, 1.82) is 0 Å². The molecule has 3 N–H and O–H groups in total. The van der Waals surface area contributed by atoms with Gasteiger partial charge < -0.3 is 20.2 Å². The van der Waals surface area contributed by atoms with Crippen LogP contribution in [0.25, 0.3) is 52.4 Å².